The van der Waals surface area contributed by atoms with E-state index in [1.807, 2.05) is 38.3 Å². The van der Waals surface area contributed by atoms with Gasteiger partial charge in [0.15, 0.2) is 0 Å². The summed E-state index contributed by atoms with van der Waals surface area (Å²) in [7, 11) is 3.83. The number of likely N-dealkylation sites (N-methyl/N-ethyl adjacent to an activating group) is 1. The molecule has 0 atom stereocenters. The second-order valence-corrected chi connectivity index (χ2v) is 10.2. The van der Waals surface area contributed by atoms with Crippen LogP contribution < -0.4 is 10.1 Å². The first-order valence-corrected chi connectivity index (χ1v) is 14.1. The van der Waals surface area contributed by atoms with Gasteiger partial charge in [-0.05, 0) is 50.1 Å². The van der Waals surface area contributed by atoms with Gasteiger partial charge in [-0.25, -0.2) is 4.79 Å². The van der Waals surface area contributed by atoms with E-state index in [0.29, 0.717) is 45.3 Å². The van der Waals surface area contributed by atoms with Crippen LogP contribution in [0.2, 0.25) is 0 Å². The number of allylic oxidation sites excluding steroid dienone is 4. The Morgan fingerprint density at radius 2 is 1.95 bits per heavy atom. The third-order valence-corrected chi connectivity index (χ3v) is 6.65. The number of pyridine rings is 1. The maximum Gasteiger partial charge on any atom is 0.317 e. The minimum atomic E-state index is -0.0724. The Hall–Kier alpha value is -3.21. The van der Waals surface area contributed by atoms with E-state index in [-0.39, 0.29) is 35.0 Å². The van der Waals surface area contributed by atoms with Crippen molar-refractivity contribution in [1.82, 2.24) is 25.0 Å². The number of aliphatic hydroxyl groups is 1. The first-order chi connectivity index (χ1) is 19.3. The average Bonchev–Trinajstić information content (AvgIpc) is 2.97. The van der Waals surface area contributed by atoms with Crippen molar-refractivity contribution in [2.75, 3.05) is 73.4 Å². The Balaban J connectivity index is 0. The van der Waals surface area contributed by atoms with Crippen molar-refractivity contribution >= 4 is 17.4 Å². The molecule has 0 aromatic carbocycles. The van der Waals surface area contributed by atoms with Crippen LogP contribution in [-0.2, 0) is 11.2 Å². The summed E-state index contributed by atoms with van der Waals surface area (Å²) < 4.78 is 11.3. The minimum absolute atomic E-state index is 0. The summed E-state index contributed by atoms with van der Waals surface area (Å²) >= 11 is 0. The summed E-state index contributed by atoms with van der Waals surface area (Å²) in [5.74, 6) is 1.54. The third-order valence-electron chi connectivity index (χ3n) is 6.65. The predicted molar refractivity (Wildman–Crippen MR) is 176 cm³/mol. The SMILES string of the molecule is C.C.C=C/C=C(\C=C/CNC(=O)N1CCOCC1)c1cc2c(cn1)OCCN(C)CCCC2.CC(C)C(=N)N(C)CO.[HH]. The minimum Gasteiger partial charge on any atom is -0.490 e. The number of rotatable bonds is 7. The monoisotopic (exact) mass is 590 g/mol. The number of fused-ring (bicyclic) bond motifs is 1. The number of nitrogens with one attached hydrogen (secondary N) is 2. The van der Waals surface area contributed by atoms with Gasteiger partial charge in [0.2, 0.25) is 0 Å². The van der Waals surface area contributed by atoms with E-state index in [9.17, 15) is 4.79 Å². The molecule has 0 aliphatic carbocycles. The fraction of sp³-hybridized carbons (Fsp3) is 0.594. The van der Waals surface area contributed by atoms with Crippen molar-refractivity contribution in [3.05, 3.63) is 54.4 Å². The van der Waals surface area contributed by atoms with Crippen LogP contribution in [0.1, 0.15) is 54.2 Å². The number of ether oxygens (including phenoxy) is 2. The largest absolute Gasteiger partial charge is 0.490 e. The van der Waals surface area contributed by atoms with Gasteiger partial charge in [-0.15, -0.1) is 0 Å². The molecule has 1 fully saturated rings. The Bertz CT molecular complexity index is 1010. The molecule has 10 nitrogen and oxygen atoms in total. The van der Waals surface area contributed by atoms with Crippen molar-refractivity contribution in [3.8, 4) is 5.75 Å². The van der Waals surface area contributed by atoms with Crippen LogP contribution in [0.25, 0.3) is 5.57 Å². The number of morpholine rings is 1. The number of hydrogen-bond acceptors (Lipinski definition) is 7. The molecule has 3 heterocycles. The number of hydrogen-bond donors (Lipinski definition) is 3. The standard InChI is InChI=1S/C24H34N4O3.C6H14N2O.2CH4.H2/c1-3-7-20(9-6-10-25-24(29)28-13-15-30-16-14-28)22-18-21-8-4-5-11-27(2)12-17-31-23(21)19-26-22;1-5(2)6(7)8(3)4-9;;;/h3,6-7,9,18-19H,1,4-5,8,10-17H2,2H3,(H,25,29);5,7,9H,4H2,1-3H3;2*1H4;1H/b9-6-,20-7+;;;;. The Morgan fingerprint density at radius 1 is 1.24 bits per heavy atom. The van der Waals surface area contributed by atoms with Gasteiger partial charge in [0, 0.05) is 40.6 Å². The molecule has 0 unspecified atom stereocenters. The molecule has 2 aliphatic rings. The fourth-order valence-corrected chi connectivity index (χ4v) is 4.17. The van der Waals surface area contributed by atoms with Crippen LogP contribution in [-0.4, -0.2) is 110 Å². The lowest BCUT2D eigenvalue weighted by Crippen LogP contribution is -2.46. The Morgan fingerprint density at radius 3 is 2.57 bits per heavy atom. The first kappa shape index (κ1) is 38.8. The second kappa shape index (κ2) is 21.5. The summed E-state index contributed by atoms with van der Waals surface area (Å²) in [6.07, 6.45) is 12.7. The van der Waals surface area contributed by atoms with Crippen LogP contribution in [0.15, 0.2) is 43.1 Å². The second-order valence-electron chi connectivity index (χ2n) is 10.2. The molecule has 1 saturated heterocycles. The van der Waals surface area contributed by atoms with Crippen LogP contribution in [0.5, 0.6) is 5.75 Å². The zero-order valence-corrected chi connectivity index (χ0v) is 24.7. The topological polar surface area (TPSA) is 114 Å². The van der Waals surface area contributed by atoms with Crippen LogP contribution in [0.4, 0.5) is 4.79 Å². The Labute approximate surface area is 256 Å². The lowest BCUT2D eigenvalue weighted by molar-refractivity contribution is 0.0534. The van der Waals surface area contributed by atoms with Gasteiger partial charge in [-0.2, -0.15) is 0 Å². The van der Waals surface area contributed by atoms with Crippen LogP contribution in [0.3, 0.4) is 0 Å². The van der Waals surface area contributed by atoms with Crippen molar-refractivity contribution in [2.24, 2.45) is 5.92 Å². The molecule has 240 valence electrons. The number of aryl methyl sites for hydroxylation is 1. The van der Waals surface area contributed by atoms with Crippen LogP contribution in [0, 0.1) is 11.3 Å². The molecular weight excluding hydrogens is 532 g/mol. The van der Waals surface area contributed by atoms with E-state index < -0.39 is 0 Å². The lowest BCUT2D eigenvalue weighted by Gasteiger charge is -2.26. The van der Waals surface area contributed by atoms with Crippen molar-refractivity contribution in [3.63, 3.8) is 0 Å². The number of carbonyl (C=O) groups excluding carboxylic acids is 1. The van der Waals surface area contributed by atoms with Gasteiger partial charge in [-0.1, -0.05) is 59.6 Å². The summed E-state index contributed by atoms with van der Waals surface area (Å²) in [6, 6.07) is 2.06. The van der Waals surface area contributed by atoms with E-state index in [2.05, 4.69) is 34.9 Å². The highest BCUT2D eigenvalue weighted by atomic mass is 16.5. The van der Waals surface area contributed by atoms with E-state index in [0.717, 1.165) is 42.9 Å². The first-order valence-electron chi connectivity index (χ1n) is 14.1. The fourth-order valence-electron chi connectivity index (χ4n) is 4.17. The molecule has 2 amide bonds. The Kier molecular flexibility index (Phi) is 19.8. The molecule has 0 spiro atoms. The van der Waals surface area contributed by atoms with Gasteiger partial charge in [0.1, 0.15) is 19.1 Å². The molecule has 3 N–H and O–H groups in total. The molecule has 1 aromatic heterocycles. The summed E-state index contributed by atoms with van der Waals surface area (Å²) in [5.41, 5.74) is 3.03. The lowest BCUT2D eigenvalue weighted by atomic mass is 10.0. The van der Waals surface area contributed by atoms with Gasteiger partial charge < -0.3 is 34.6 Å². The van der Waals surface area contributed by atoms with Gasteiger partial charge >= 0.3 is 6.03 Å². The molecule has 3 rings (SSSR count). The zero-order valence-electron chi connectivity index (χ0n) is 24.7. The number of carbonyl (C=O) groups is 1. The normalized spacial score (nSPS) is 16.0. The van der Waals surface area contributed by atoms with E-state index in [1.54, 1.807) is 18.0 Å². The molecule has 0 saturated carbocycles. The number of nitrogens with zero attached hydrogens (tertiary/aromatic N) is 4. The smallest absolute Gasteiger partial charge is 0.317 e. The van der Waals surface area contributed by atoms with E-state index in [1.165, 1.54) is 16.9 Å². The quantitative estimate of drug-likeness (QED) is 0.179. The summed E-state index contributed by atoms with van der Waals surface area (Å²) in [4.78, 5) is 22.4. The maximum atomic E-state index is 12.2. The summed E-state index contributed by atoms with van der Waals surface area (Å²) in [6.45, 7) is 13.2. The number of amides is 2. The number of urea groups is 1. The molecule has 1 aromatic rings. The zero-order chi connectivity index (χ0) is 29.3. The number of amidine groups is 1. The highest BCUT2D eigenvalue weighted by molar-refractivity contribution is 5.80. The average molecular weight is 591 g/mol. The molecule has 0 radical (unpaired) electrons. The van der Waals surface area contributed by atoms with Gasteiger partial charge in [-0.3, -0.25) is 10.4 Å². The number of aromatic nitrogens is 1. The van der Waals surface area contributed by atoms with E-state index in [4.69, 9.17) is 20.0 Å². The summed E-state index contributed by atoms with van der Waals surface area (Å²) in [5, 5.41) is 18.8. The molecule has 2 aliphatic heterocycles. The van der Waals surface area contributed by atoms with Crippen LogP contribution >= 0.6 is 0 Å². The highest BCUT2D eigenvalue weighted by Gasteiger charge is 2.15. The molecule has 42 heavy (non-hydrogen) atoms. The van der Waals surface area contributed by atoms with Crippen molar-refractivity contribution in [2.45, 2.75) is 48.0 Å². The predicted octanol–water partition coefficient (Wildman–Crippen LogP) is 4.92. The highest BCUT2D eigenvalue weighted by Crippen LogP contribution is 2.25. The van der Waals surface area contributed by atoms with Crippen molar-refractivity contribution < 1.29 is 20.8 Å². The maximum absolute atomic E-state index is 12.2. The number of aliphatic hydroxyl groups excluding tert-OH is 1. The van der Waals surface area contributed by atoms with Gasteiger partial charge in [0.05, 0.1) is 30.9 Å². The van der Waals surface area contributed by atoms with Crippen molar-refractivity contribution in [1.29, 1.82) is 5.41 Å². The third kappa shape index (κ3) is 13.6. The molecular formula is C32H58N6O4. The van der Waals surface area contributed by atoms with E-state index >= 15 is 0 Å². The molecule has 10 heteroatoms. The molecule has 0 bridgehead atoms. The van der Waals surface area contributed by atoms with Gasteiger partial charge in [0.25, 0.3) is 0 Å².